The maximum Gasteiger partial charge on any atom is 0.307 e. The molecule has 1 aliphatic rings. The maximum absolute atomic E-state index is 10.5. The van der Waals surface area contributed by atoms with Crippen LogP contribution in [0.5, 0.6) is 0 Å². The van der Waals surface area contributed by atoms with Crippen molar-refractivity contribution in [2.24, 2.45) is 0 Å². The largest absolute Gasteiger partial charge is 0.481 e. The van der Waals surface area contributed by atoms with Crippen molar-refractivity contribution in [3.05, 3.63) is 10.5 Å². The summed E-state index contributed by atoms with van der Waals surface area (Å²) in [7, 11) is 0. The lowest BCUT2D eigenvalue weighted by Crippen LogP contribution is -2.03. The van der Waals surface area contributed by atoms with Crippen molar-refractivity contribution >= 4 is 17.7 Å². The second-order valence-electron chi connectivity index (χ2n) is 3.01. The Morgan fingerprint density at radius 1 is 1.50 bits per heavy atom. The smallest absolute Gasteiger partial charge is 0.307 e. The van der Waals surface area contributed by atoms with E-state index in [0.29, 0.717) is 0 Å². The van der Waals surface area contributed by atoms with Crippen LogP contribution >= 0.6 is 11.8 Å². The molecule has 0 saturated carbocycles. The third-order valence-corrected chi connectivity index (χ3v) is 3.12. The van der Waals surface area contributed by atoms with E-state index in [1.807, 2.05) is 6.26 Å². The third-order valence-electron chi connectivity index (χ3n) is 2.14. The Morgan fingerprint density at radius 3 is 2.75 bits per heavy atom. The molecule has 1 rings (SSSR count). The summed E-state index contributed by atoms with van der Waals surface area (Å²) in [6.07, 6.45) is 6.73. The minimum atomic E-state index is -0.696. The first kappa shape index (κ1) is 9.65. The number of carbonyl (C=O) groups is 1. The van der Waals surface area contributed by atoms with Crippen LogP contribution in [0.15, 0.2) is 10.5 Å². The highest BCUT2D eigenvalue weighted by Crippen LogP contribution is 2.32. The highest BCUT2D eigenvalue weighted by Gasteiger charge is 2.13. The molecule has 0 aromatic heterocycles. The van der Waals surface area contributed by atoms with Gasteiger partial charge in [-0.05, 0) is 42.4 Å². The molecule has 0 amide bonds. The van der Waals surface area contributed by atoms with Crippen LogP contribution in [0.2, 0.25) is 0 Å². The second-order valence-corrected chi connectivity index (χ2v) is 3.91. The zero-order valence-corrected chi connectivity index (χ0v) is 8.12. The monoisotopic (exact) mass is 186 g/mol. The Kier molecular flexibility index (Phi) is 3.66. The van der Waals surface area contributed by atoms with Crippen LogP contribution in [0.1, 0.15) is 32.1 Å². The summed E-state index contributed by atoms with van der Waals surface area (Å²) in [6, 6.07) is 0. The van der Waals surface area contributed by atoms with Crippen molar-refractivity contribution in [1.82, 2.24) is 0 Å². The average Bonchev–Trinajstić information content (AvgIpc) is 2.04. The van der Waals surface area contributed by atoms with Gasteiger partial charge in [0.1, 0.15) is 0 Å². The van der Waals surface area contributed by atoms with E-state index < -0.39 is 5.97 Å². The number of carboxylic acids is 1. The van der Waals surface area contributed by atoms with Gasteiger partial charge in [0, 0.05) is 0 Å². The van der Waals surface area contributed by atoms with Crippen LogP contribution in [0.25, 0.3) is 0 Å². The van der Waals surface area contributed by atoms with Crippen LogP contribution in [0.3, 0.4) is 0 Å². The standard InChI is InChI=1S/C9H14O2S/c1-12-8-5-3-2-4-7(8)6-9(10)11/h2-6H2,1H3,(H,10,11). The highest BCUT2D eigenvalue weighted by atomic mass is 32.2. The molecule has 0 radical (unpaired) electrons. The van der Waals surface area contributed by atoms with Gasteiger partial charge in [0.2, 0.25) is 0 Å². The van der Waals surface area contributed by atoms with E-state index in [4.69, 9.17) is 5.11 Å². The van der Waals surface area contributed by atoms with Gasteiger partial charge in [0.25, 0.3) is 0 Å². The minimum absolute atomic E-state index is 0.246. The van der Waals surface area contributed by atoms with Crippen molar-refractivity contribution in [3.8, 4) is 0 Å². The Balaban J connectivity index is 2.66. The third kappa shape index (κ3) is 2.55. The number of carboxylic acid groups (broad SMARTS) is 1. The fraction of sp³-hybridized carbons (Fsp3) is 0.667. The number of aliphatic carboxylic acids is 1. The van der Waals surface area contributed by atoms with E-state index in [-0.39, 0.29) is 6.42 Å². The molecule has 0 heterocycles. The van der Waals surface area contributed by atoms with Gasteiger partial charge in [-0.3, -0.25) is 4.79 Å². The molecule has 12 heavy (non-hydrogen) atoms. The summed E-state index contributed by atoms with van der Waals surface area (Å²) in [4.78, 5) is 11.8. The first-order chi connectivity index (χ1) is 5.74. The molecule has 68 valence electrons. The number of rotatable bonds is 3. The predicted molar refractivity (Wildman–Crippen MR) is 51.3 cm³/mol. The van der Waals surface area contributed by atoms with Gasteiger partial charge in [-0.25, -0.2) is 0 Å². The minimum Gasteiger partial charge on any atom is -0.481 e. The van der Waals surface area contributed by atoms with Crippen molar-refractivity contribution in [2.75, 3.05) is 6.26 Å². The average molecular weight is 186 g/mol. The van der Waals surface area contributed by atoms with Crippen molar-refractivity contribution < 1.29 is 9.90 Å². The normalized spacial score (nSPS) is 18.1. The zero-order valence-electron chi connectivity index (χ0n) is 7.30. The Labute approximate surface area is 77.0 Å². The van der Waals surface area contributed by atoms with Crippen LogP contribution in [-0.2, 0) is 4.79 Å². The lowest BCUT2D eigenvalue weighted by atomic mass is 9.97. The van der Waals surface area contributed by atoms with E-state index in [1.54, 1.807) is 11.8 Å². The van der Waals surface area contributed by atoms with Gasteiger partial charge in [0.05, 0.1) is 6.42 Å². The predicted octanol–water partition coefficient (Wildman–Crippen LogP) is 2.65. The van der Waals surface area contributed by atoms with Gasteiger partial charge < -0.3 is 5.11 Å². The Bertz CT molecular complexity index is 209. The van der Waals surface area contributed by atoms with Crippen LogP contribution < -0.4 is 0 Å². The van der Waals surface area contributed by atoms with E-state index in [2.05, 4.69) is 0 Å². The number of thioether (sulfide) groups is 1. The van der Waals surface area contributed by atoms with E-state index in [0.717, 1.165) is 24.8 Å². The quantitative estimate of drug-likeness (QED) is 0.736. The molecule has 0 bridgehead atoms. The molecule has 0 atom stereocenters. The van der Waals surface area contributed by atoms with Gasteiger partial charge in [-0.2, -0.15) is 0 Å². The Morgan fingerprint density at radius 2 is 2.17 bits per heavy atom. The summed E-state index contributed by atoms with van der Waals surface area (Å²) in [5.41, 5.74) is 1.15. The molecule has 0 aromatic carbocycles. The Hall–Kier alpha value is -0.440. The van der Waals surface area contributed by atoms with Crippen molar-refractivity contribution in [2.45, 2.75) is 32.1 Å². The molecule has 1 N–H and O–H groups in total. The maximum atomic E-state index is 10.5. The molecular formula is C9H14O2S. The lowest BCUT2D eigenvalue weighted by Gasteiger charge is -2.17. The van der Waals surface area contributed by atoms with E-state index in [9.17, 15) is 4.79 Å². The van der Waals surface area contributed by atoms with Gasteiger partial charge >= 0.3 is 5.97 Å². The second kappa shape index (κ2) is 4.55. The fourth-order valence-corrected chi connectivity index (χ4v) is 2.37. The topological polar surface area (TPSA) is 37.3 Å². The summed E-state index contributed by atoms with van der Waals surface area (Å²) >= 11 is 1.71. The molecule has 3 heteroatoms. The fourth-order valence-electron chi connectivity index (χ4n) is 1.56. The molecule has 0 unspecified atom stereocenters. The summed E-state index contributed by atoms with van der Waals surface area (Å²) in [6.45, 7) is 0. The van der Waals surface area contributed by atoms with Crippen molar-refractivity contribution in [1.29, 1.82) is 0 Å². The molecule has 0 saturated heterocycles. The number of allylic oxidation sites excluding steroid dienone is 1. The number of hydrogen-bond acceptors (Lipinski definition) is 2. The van der Waals surface area contributed by atoms with Crippen LogP contribution in [0.4, 0.5) is 0 Å². The van der Waals surface area contributed by atoms with Crippen LogP contribution in [-0.4, -0.2) is 17.3 Å². The van der Waals surface area contributed by atoms with Gasteiger partial charge in [-0.1, -0.05) is 0 Å². The highest BCUT2D eigenvalue weighted by molar-refractivity contribution is 8.02. The van der Waals surface area contributed by atoms with Crippen molar-refractivity contribution in [3.63, 3.8) is 0 Å². The summed E-state index contributed by atoms with van der Waals surface area (Å²) in [5, 5.41) is 8.64. The molecule has 0 fully saturated rings. The molecular weight excluding hydrogens is 172 g/mol. The zero-order chi connectivity index (χ0) is 8.97. The lowest BCUT2D eigenvalue weighted by molar-refractivity contribution is -0.136. The summed E-state index contributed by atoms with van der Waals surface area (Å²) < 4.78 is 0. The van der Waals surface area contributed by atoms with E-state index >= 15 is 0 Å². The number of hydrogen-bond donors (Lipinski definition) is 1. The first-order valence-corrected chi connectivity index (χ1v) is 5.43. The molecule has 0 aromatic rings. The summed E-state index contributed by atoms with van der Waals surface area (Å²) in [5.74, 6) is -0.696. The SMILES string of the molecule is CSC1=C(CC(=O)O)CCCC1. The van der Waals surface area contributed by atoms with Crippen LogP contribution in [0, 0.1) is 0 Å². The molecule has 0 aliphatic heterocycles. The van der Waals surface area contributed by atoms with Gasteiger partial charge in [0.15, 0.2) is 0 Å². The molecule has 2 nitrogen and oxygen atoms in total. The first-order valence-electron chi connectivity index (χ1n) is 4.20. The van der Waals surface area contributed by atoms with E-state index in [1.165, 1.54) is 11.3 Å². The van der Waals surface area contributed by atoms with Gasteiger partial charge in [-0.15, -0.1) is 11.8 Å². The molecule has 1 aliphatic carbocycles. The molecule has 0 spiro atoms.